The van der Waals surface area contributed by atoms with Gasteiger partial charge in [-0.2, -0.15) is 0 Å². The van der Waals surface area contributed by atoms with E-state index in [0.717, 1.165) is 11.1 Å². The number of sulfonamides is 1. The van der Waals surface area contributed by atoms with Gasteiger partial charge >= 0.3 is 0 Å². The first kappa shape index (κ1) is 13.4. The van der Waals surface area contributed by atoms with E-state index in [2.05, 4.69) is 5.32 Å². The zero-order valence-corrected chi connectivity index (χ0v) is 10.4. The van der Waals surface area contributed by atoms with Gasteiger partial charge in [0.25, 0.3) is 6.43 Å². The van der Waals surface area contributed by atoms with E-state index in [1.165, 1.54) is 6.07 Å². The van der Waals surface area contributed by atoms with Crippen molar-refractivity contribution in [1.29, 1.82) is 0 Å². The molecule has 0 amide bonds. The minimum Gasteiger partial charge on any atom is -0.312 e. The maximum atomic E-state index is 12.1. The second-order valence-electron chi connectivity index (χ2n) is 4.06. The van der Waals surface area contributed by atoms with Gasteiger partial charge < -0.3 is 5.32 Å². The standard InChI is InChI=1S/C11H14F2N2O2S/c12-11(13)7-15-18(16,17)10-3-1-2-8-6-14-5-4-9(8)10/h1-3,11,14-15H,4-7H2. The molecule has 18 heavy (non-hydrogen) atoms. The lowest BCUT2D eigenvalue weighted by Gasteiger charge is -2.20. The number of halogens is 2. The average Bonchev–Trinajstić information content (AvgIpc) is 2.36. The van der Waals surface area contributed by atoms with Crippen LogP contribution in [0.15, 0.2) is 23.1 Å². The van der Waals surface area contributed by atoms with Crippen LogP contribution in [0.2, 0.25) is 0 Å². The number of rotatable bonds is 4. The third kappa shape index (κ3) is 2.85. The summed E-state index contributed by atoms with van der Waals surface area (Å²) in [6.45, 7) is 0.437. The average molecular weight is 276 g/mol. The molecule has 0 spiro atoms. The fourth-order valence-electron chi connectivity index (χ4n) is 2.00. The smallest absolute Gasteiger partial charge is 0.251 e. The van der Waals surface area contributed by atoms with Crippen molar-refractivity contribution in [3.05, 3.63) is 29.3 Å². The minimum absolute atomic E-state index is 0.113. The largest absolute Gasteiger partial charge is 0.312 e. The maximum absolute atomic E-state index is 12.1. The predicted molar refractivity (Wildman–Crippen MR) is 63.0 cm³/mol. The molecule has 100 valence electrons. The van der Waals surface area contributed by atoms with Gasteiger partial charge in [0, 0.05) is 6.54 Å². The molecule has 0 bridgehead atoms. The molecule has 0 unspecified atom stereocenters. The molecule has 1 aromatic rings. The number of benzene rings is 1. The zero-order valence-electron chi connectivity index (χ0n) is 9.62. The van der Waals surface area contributed by atoms with Crippen molar-refractivity contribution in [3.63, 3.8) is 0 Å². The van der Waals surface area contributed by atoms with Crippen molar-refractivity contribution < 1.29 is 17.2 Å². The van der Waals surface area contributed by atoms with E-state index in [9.17, 15) is 17.2 Å². The highest BCUT2D eigenvalue weighted by atomic mass is 32.2. The van der Waals surface area contributed by atoms with E-state index in [1.807, 2.05) is 10.8 Å². The molecule has 4 nitrogen and oxygen atoms in total. The number of nitrogens with one attached hydrogen (secondary N) is 2. The Balaban J connectivity index is 2.33. The molecule has 0 fully saturated rings. The van der Waals surface area contributed by atoms with Crippen LogP contribution in [0, 0.1) is 0 Å². The molecule has 1 aromatic carbocycles. The Morgan fingerprint density at radius 3 is 2.89 bits per heavy atom. The molecule has 1 heterocycles. The van der Waals surface area contributed by atoms with Crippen LogP contribution >= 0.6 is 0 Å². The van der Waals surface area contributed by atoms with E-state index in [-0.39, 0.29) is 4.90 Å². The summed E-state index contributed by atoms with van der Waals surface area (Å²) in [6.07, 6.45) is -2.11. The summed E-state index contributed by atoms with van der Waals surface area (Å²) >= 11 is 0. The van der Waals surface area contributed by atoms with Crippen LogP contribution in [-0.2, 0) is 23.0 Å². The van der Waals surface area contributed by atoms with Gasteiger partial charge in [-0.3, -0.25) is 0 Å². The van der Waals surface area contributed by atoms with Crippen LogP contribution in [-0.4, -0.2) is 27.9 Å². The molecular formula is C11H14F2N2O2S. The van der Waals surface area contributed by atoms with Crippen molar-refractivity contribution in [2.45, 2.75) is 24.3 Å². The van der Waals surface area contributed by atoms with Crippen molar-refractivity contribution in [2.24, 2.45) is 0 Å². The fraction of sp³-hybridized carbons (Fsp3) is 0.455. The van der Waals surface area contributed by atoms with Gasteiger partial charge in [-0.25, -0.2) is 21.9 Å². The maximum Gasteiger partial charge on any atom is 0.251 e. The summed E-state index contributed by atoms with van der Waals surface area (Å²) in [6, 6.07) is 4.92. The molecule has 2 rings (SSSR count). The second kappa shape index (κ2) is 5.29. The zero-order chi connectivity index (χ0) is 13.2. The molecule has 1 aliphatic rings. The van der Waals surface area contributed by atoms with E-state index in [1.54, 1.807) is 6.07 Å². The summed E-state index contributed by atoms with van der Waals surface area (Å²) in [4.78, 5) is 0.113. The minimum atomic E-state index is -3.85. The molecule has 7 heteroatoms. The van der Waals surface area contributed by atoms with E-state index in [0.29, 0.717) is 19.5 Å². The molecule has 0 aliphatic carbocycles. The van der Waals surface area contributed by atoms with Gasteiger partial charge in [0.1, 0.15) is 0 Å². The van der Waals surface area contributed by atoms with Gasteiger partial charge in [-0.1, -0.05) is 12.1 Å². The highest BCUT2D eigenvalue weighted by molar-refractivity contribution is 7.89. The van der Waals surface area contributed by atoms with Gasteiger partial charge in [-0.05, 0) is 30.2 Å². The highest BCUT2D eigenvalue weighted by Crippen LogP contribution is 2.22. The Morgan fingerprint density at radius 1 is 1.39 bits per heavy atom. The molecular weight excluding hydrogens is 262 g/mol. The van der Waals surface area contributed by atoms with E-state index >= 15 is 0 Å². The normalized spacial score (nSPS) is 15.7. The van der Waals surface area contributed by atoms with Gasteiger partial charge in [0.05, 0.1) is 11.4 Å². The van der Waals surface area contributed by atoms with Crippen molar-refractivity contribution in [3.8, 4) is 0 Å². The third-order valence-electron chi connectivity index (χ3n) is 2.81. The van der Waals surface area contributed by atoms with Crippen LogP contribution in [0.3, 0.4) is 0 Å². The quantitative estimate of drug-likeness (QED) is 0.858. The highest BCUT2D eigenvalue weighted by Gasteiger charge is 2.22. The SMILES string of the molecule is O=S(=O)(NCC(F)F)c1cccc2c1CCNC2. The molecule has 0 saturated carbocycles. The Labute approximate surface area is 104 Å². The summed E-state index contributed by atoms with van der Waals surface area (Å²) in [5.41, 5.74) is 1.62. The van der Waals surface area contributed by atoms with E-state index < -0.39 is 23.0 Å². The Morgan fingerprint density at radius 2 is 2.17 bits per heavy atom. The number of hydrogen-bond donors (Lipinski definition) is 2. The predicted octanol–water partition coefficient (Wildman–Crippen LogP) is 0.876. The lowest BCUT2D eigenvalue weighted by molar-refractivity contribution is 0.153. The molecule has 0 aromatic heterocycles. The van der Waals surface area contributed by atoms with Gasteiger partial charge in [0.15, 0.2) is 0 Å². The fourth-order valence-corrected chi connectivity index (χ4v) is 3.32. The topological polar surface area (TPSA) is 58.2 Å². The Hall–Kier alpha value is -1.05. The summed E-state index contributed by atoms with van der Waals surface area (Å²) in [5.74, 6) is 0. The molecule has 0 atom stereocenters. The van der Waals surface area contributed by atoms with Gasteiger partial charge in [-0.15, -0.1) is 0 Å². The summed E-state index contributed by atoms with van der Waals surface area (Å²) in [5, 5.41) is 3.13. The van der Waals surface area contributed by atoms with Crippen molar-refractivity contribution in [2.75, 3.05) is 13.1 Å². The Bertz CT molecular complexity index is 532. The van der Waals surface area contributed by atoms with Crippen LogP contribution in [0.5, 0.6) is 0 Å². The number of fused-ring (bicyclic) bond motifs is 1. The summed E-state index contributed by atoms with van der Waals surface area (Å²) < 4.78 is 50.0. The summed E-state index contributed by atoms with van der Waals surface area (Å²) in [7, 11) is -3.85. The van der Waals surface area contributed by atoms with Crippen LogP contribution in [0.1, 0.15) is 11.1 Å². The first-order chi connectivity index (χ1) is 8.50. The lowest BCUT2D eigenvalue weighted by Crippen LogP contribution is -2.31. The molecule has 2 N–H and O–H groups in total. The Kier molecular flexibility index (Phi) is 3.94. The van der Waals surface area contributed by atoms with Crippen molar-refractivity contribution in [1.82, 2.24) is 10.0 Å². The second-order valence-corrected chi connectivity index (χ2v) is 5.80. The molecule has 0 radical (unpaired) electrons. The molecule has 1 aliphatic heterocycles. The van der Waals surface area contributed by atoms with Crippen LogP contribution in [0.4, 0.5) is 8.78 Å². The first-order valence-corrected chi connectivity index (χ1v) is 7.08. The van der Waals surface area contributed by atoms with Crippen LogP contribution < -0.4 is 10.0 Å². The monoisotopic (exact) mass is 276 g/mol. The number of alkyl halides is 2. The lowest BCUT2D eigenvalue weighted by atomic mass is 10.0. The number of hydrogen-bond acceptors (Lipinski definition) is 3. The van der Waals surface area contributed by atoms with Crippen molar-refractivity contribution >= 4 is 10.0 Å². The molecule has 0 saturated heterocycles. The first-order valence-electron chi connectivity index (χ1n) is 5.60. The van der Waals surface area contributed by atoms with Gasteiger partial charge in [0.2, 0.25) is 10.0 Å². The third-order valence-corrected chi connectivity index (χ3v) is 4.32. The van der Waals surface area contributed by atoms with Crippen LogP contribution in [0.25, 0.3) is 0 Å². The van der Waals surface area contributed by atoms with E-state index in [4.69, 9.17) is 0 Å².